The van der Waals surface area contributed by atoms with E-state index >= 15 is 0 Å². The normalized spacial score (nSPS) is 19.2. The molecule has 1 saturated heterocycles. The van der Waals surface area contributed by atoms with Crippen molar-refractivity contribution >= 4 is 17.5 Å². The molecule has 0 aromatic heterocycles. The summed E-state index contributed by atoms with van der Waals surface area (Å²) in [5.74, 6) is 0.638. The summed E-state index contributed by atoms with van der Waals surface area (Å²) in [6.45, 7) is 3.76. The van der Waals surface area contributed by atoms with E-state index in [1.165, 1.54) is 0 Å². The molecule has 1 fully saturated rings. The second-order valence-corrected chi connectivity index (χ2v) is 5.79. The highest BCUT2D eigenvalue weighted by molar-refractivity contribution is 6.30. The second kappa shape index (κ2) is 7.62. The van der Waals surface area contributed by atoms with Gasteiger partial charge in [-0.25, -0.2) is 0 Å². The van der Waals surface area contributed by atoms with Gasteiger partial charge in [0.05, 0.1) is 6.54 Å². The standard InChI is InChI=1S/C15H22ClN3O/c16-14-3-1-2-12(8-14)4-6-18-15(20)11-19-7-5-13(9-17)10-19/h1-3,8,13H,4-7,9-11,17H2,(H,18,20). The van der Waals surface area contributed by atoms with Gasteiger partial charge in [-0.2, -0.15) is 0 Å². The van der Waals surface area contributed by atoms with Gasteiger partial charge < -0.3 is 11.1 Å². The van der Waals surface area contributed by atoms with Gasteiger partial charge in [-0.15, -0.1) is 0 Å². The van der Waals surface area contributed by atoms with Crippen LogP contribution in [0.15, 0.2) is 24.3 Å². The molecule has 0 aliphatic carbocycles. The van der Waals surface area contributed by atoms with Gasteiger partial charge in [0.15, 0.2) is 0 Å². The minimum absolute atomic E-state index is 0.0877. The Balaban J connectivity index is 1.65. The molecule has 1 atom stereocenters. The highest BCUT2D eigenvalue weighted by Crippen LogP contribution is 2.14. The van der Waals surface area contributed by atoms with Crippen LogP contribution in [-0.4, -0.2) is 43.5 Å². The Morgan fingerprint density at radius 2 is 2.35 bits per heavy atom. The molecule has 0 bridgehead atoms. The van der Waals surface area contributed by atoms with Crippen molar-refractivity contribution in [3.63, 3.8) is 0 Å². The quantitative estimate of drug-likeness (QED) is 0.831. The van der Waals surface area contributed by atoms with E-state index in [4.69, 9.17) is 17.3 Å². The van der Waals surface area contributed by atoms with E-state index in [0.29, 0.717) is 25.6 Å². The second-order valence-electron chi connectivity index (χ2n) is 5.36. The predicted molar refractivity (Wildman–Crippen MR) is 81.8 cm³/mol. The lowest BCUT2D eigenvalue weighted by Gasteiger charge is -2.15. The molecule has 4 nitrogen and oxygen atoms in total. The highest BCUT2D eigenvalue weighted by Gasteiger charge is 2.22. The fraction of sp³-hybridized carbons (Fsp3) is 0.533. The maximum Gasteiger partial charge on any atom is 0.234 e. The molecule has 0 spiro atoms. The smallest absolute Gasteiger partial charge is 0.234 e. The third-order valence-electron chi connectivity index (χ3n) is 3.70. The number of likely N-dealkylation sites (tertiary alicyclic amines) is 1. The van der Waals surface area contributed by atoms with Gasteiger partial charge in [0.2, 0.25) is 5.91 Å². The third-order valence-corrected chi connectivity index (χ3v) is 3.93. The lowest BCUT2D eigenvalue weighted by atomic mass is 10.1. The topological polar surface area (TPSA) is 58.4 Å². The molecule has 1 aliphatic rings. The maximum absolute atomic E-state index is 11.8. The average molecular weight is 296 g/mol. The molecule has 1 aromatic carbocycles. The van der Waals surface area contributed by atoms with Crippen molar-refractivity contribution in [1.82, 2.24) is 10.2 Å². The number of halogens is 1. The molecular formula is C15H22ClN3O. The number of nitrogens with zero attached hydrogens (tertiary/aromatic N) is 1. The number of carbonyl (C=O) groups is 1. The number of nitrogens with two attached hydrogens (primary N) is 1. The van der Waals surface area contributed by atoms with E-state index in [9.17, 15) is 4.79 Å². The molecule has 1 aromatic rings. The fourth-order valence-electron chi connectivity index (χ4n) is 2.55. The van der Waals surface area contributed by atoms with E-state index in [0.717, 1.165) is 36.5 Å². The Morgan fingerprint density at radius 1 is 1.50 bits per heavy atom. The molecule has 2 rings (SSSR count). The van der Waals surface area contributed by atoms with Crippen molar-refractivity contribution < 1.29 is 4.79 Å². The Labute approximate surface area is 125 Å². The third kappa shape index (κ3) is 4.78. The van der Waals surface area contributed by atoms with Crippen molar-refractivity contribution in [2.45, 2.75) is 12.8 Å². The Morgan fingerprint density at radius 3 is 3.05 bits per heavy atom. The molecule has 20 heavy (non-hydrogen) atoms. The summed E-state index contributed by atoms with van der Waals surface area (Å²) in [7, 11) is 0. The van der Waals surface area contributed by atoms with Crippen molar-refractivity contribution in [2.24, 2.45) is 11.7 Å². The van der Waals surface area contributed by atoms with Crippen molar-refractivity contribution in [2.75, 3.05) is 32.7 Å². The van der Waals surface area contributed by atoms with Gasteiger partial charge in [-0.1, -0.05) is 23.7 Å². The van der Waals surface area contributed by atoms with Gasteiger partial charge in [0, 0.05) is 18.1 Å². The number of amides is 1. The Bertz CT molecular complexity index is 452. The summed E-state index contributed by atoms with van der Waals surface area (Å²) in [4.78, 5) is 14.0. The maximum atomic E-state index is 11.8. The molecule has 0 saturated carbocycles. The summed E-state index contributed by atoms with van der Waals surface area (Å²) in [6.07, 6.45) is 1.91. The van der Waals surface area contributed by atoms with Crippen LogP contribution in [0.5, 0.6) is 0 Å². The molecule has 1 amide bonds. The monoisotopic (exact) mass is 295 g/mol. The number of rotatable bonds is 6. The highest BCUT2D eigenvalue weighted by atomic mass is 35.5. The largest absolute Gasteiger partial charge is 0.355 e. The molecule has 1 unspecified atom stereocenters. The zero-order valence-electron chi connectivity index (χ0n) is 11.6. The van der Waals surface area contributed by atoms with Crippen LogP contribution in [0.3, 0.4) is 0 Å². The SMILES string of the molecule is NCC1CCN(CC(=O)NCCc2cccc(Cl)c2)C1. The predicted octanol–water partition coefficient (Wildman–Crippen LogP) is 1.28. The number of carbonyl (C=O) groups excluding carboxylic acids is 1. The summed E-state index contributed by atoms with van der Waals surface area (Å²) >= 11 is 5.92. The van der Waals surface area contributed by atoms with Crippen molar-refractivity contribution in [3.8, 4) is 0 Å². The van der Waals surface area contributed by atoms with Crippen molar-refractivity contribution in [3.05, 3.63) is 34.9 Å². The lowest BCUT2D eigenvalue weighted by molar-refractivity contribution is -0.122. The first kappa shape index (κ1) is 15.3. The number of nitrogens with one attached hydrogen (secondary N) is 1. The molecule has 0 radical (unpaired) electrons. The molecule has 5 heteroatoms. The zero-order chi connectivity index (χ0) is 14.4. The summed E-state index contributed by atoms with van der Waals surface area (Å²) in [5.41, 5.74) is 6.79. The van der Waals surface area contributed by atoms with Gasteiger partial charge in [0.1, 0.15) is 0 Å². The zero-order valence-corrected chi connectivity index (χ0v) is 12.4. The van der Waals surface area contributed by atoms with Crippen LogP contribution in [0.25, 0.3) is 0 Å². The summed E-state index contributed by atoms with van der Waals surface area (Å²) in [6, 6.07) is 7.73. The van der Waals surface area contributed by atoms with Gasteiger partial charge in [0.25, 0.3) is 0 Å². The van der Waals surface area contributed by atoms with Gasteiger partial charge in [-0.3, -0.25) is 9.69 Å². The minimum Gasteiger partial charge on any atom is -0.355 e. The van der Waals surface area contributed by atoms with Crippen LogP contribution in [0.2, 0.25) is 5.02 Å². The Hall–Kier alpha value is -1.10. The number of benzene rings is 1. The van der Waals surface area contributed by atoms with E-state index in [-0.39, 0.29) is 5.91 Å². The van der Waals surface area contributed by atoms with E-state index in [2.05, 4.69) is 10.2 Å². The first-order valence-corrected chi connectivity index (χ1v) is 7.48. The first-order valence-electron chi connectivity index (χ1n) is 7.11. The van der Waals surface area contributed by atoms with Crippen LogP contribution < -0.4 is 11.1 Å². The molecule has 1 heterocycles. The van der Waals surface area contributed by atoms with E-state index in [1.807, 2.05) is 24.3 Å². The van der Waals surface area contributed by atoms with Crippen LogP contribution in [0, 0.1) is 5.92 Å². The van der Waals surface area contributed by atoms with Gasteiger partial charge in [-0.05, 0) is 49.5 Å². The average Bonchev–Trinajstić information content (AvgIpc) is 2.86. The Kier molecular flexibility index (Phi) is 5.83. The van der Waals surface area contributed by atoms with Crippen LogP contribution in [0.1, 0.15) is 12.0 Å². The summed E-state index contributed by atoms with van der Waals surface area (Å²) < 4.78 is 0. The molecule has 3 N–H and O–H groups in total. The molecule has 1 aliphatic heterocycles. The summed E-state index contributed by atoms with van der Waals surface area (Å²) in [5, 5.41) is 3.69. The molecule has 110 valence electrons. The van der Waals surface area contributed by atoms with Crippen LogP contribution in [-0.2, 0) is 11.2 Å². The van der Waals surface area contributed by atoms with Crippen LogP contribution >= 0.6 is 11.6 Å². The van der Waals surface area contributed by atoms with Crippen molar-refractivity contribution in [1.29, 1.82) is 0 Å². The van der Waals surface area contributed by atoms with Crippen LogP contribution in [0.4, 0.5) is 0 Å². The first-order chi connectivity index (χ1) is 9.67. The van der Waals surface area contributed by atoms with Gasteiger partial charge >= 0.3 is 0 Å². The van der Waals surface area contributed by atoms with E-state index < -0.39 is 0 Å². The number of hydrogen-bond acceptors (Lipinski definition) is 3. The fourth-order valence-corrected chi connectivity index (χ4v) is 2.76. The molecular weight excluding hydrogens is 274 g/mol. The minimum atomic E-state index is 0.0877. The number of hydrogen-bond donors (Lipinski definition) is 2. The lowest BCUT2D eigenvalue weighted by Crippen LogP contribution is -2.37. The van der Waals surface area contributed by atoms with E-state index in [1.54, 1.807) is 0 Å².